The van der Waals surface area contributed by atoms with E-state index >= 15 is 0 Å². The molecule has 1 N–H and O–H groups in total. The lowest BCUT2D eigenvalue weighted by molar-refractivity contribution is 0.102. The van der Waals surface area contributed by atoms with Crippen molar-refractivity contribution >= 4 is 0 Å². The van der Waals surface area contributed by atoms with Gasteiger partial charge in [0.05, 0.1) is 7.11 Å². The topological polar surface area (TPSA) is 32.7 Å². The highest BCUT2D eigenvalue weighted by molar-refractivity contribution is 5.41. The van der Waals surface area contributed by atoms with Gasteiger partial charge in [-0.3, -0.25) is 4.90 Å². The summed E-state index contributed by atoms with van der Waals surface area (Å²) in [6.07, 6.45) is 5.25. The van der Waals surface area contributed by atoms with Crippen LogP contribution in [-0.2, 0) is 0 Å². The molecule has 1 aliphatic rings. The largest absolute Gasteiger partial charge is 0.507 e. The number of ether oxygens (including phenoxy) is 1. The quantitative estimate of drug-likeness (QED) is 0.903. The van der Waals surface area contributed by atoms with Crippen LogP contribution in [0.1, 0.15) is 51.1 Å². The molecule has 1 fully saturated rings. The summed E-state index contributed by atoms with van der Waals surface area (Å²) in [6.45, 7) is 4.52. The summed E-state index contributed by atoms with van der Waals surface area (Å²) >= 11 is 0. The van der Waals surface area contributed by atoms with Gasteiger partial charge in [-0.05, 0) is 38.8 Å². The lowest BCUT2D eigenvalue weighted by atomic mass is 9.84. The van der Waals surface area contributed by atoms with Gasteiger partial charge in [0.15, 0.2) is 0 Å². The van der Waals surface area contributed by atoms with Gasteiger partial charge < -0.3 is 9.84 Å². The van der Waals surface area contributed by atoms with Crippen molar-refractivity contribution in [2.45, 2.75) is 51.6 Å². The van der Waals surface area contributed by atoms with Crippen LogP contribution in [0.3, 0.4) is 0 Å². The summed E-state index contributed by atoms with van der Waals surface area (Å²) in [6, 6.07) is 6.42. The van der Waals surface area contributed by atoms with E-state index < -0.39 is 0 Å². The first-order chi connectivity index (χ1) is 9.54. The van der Waals surface area contributed by atoms with Crippen LogP contribution in [0.2, 0.25) is 0 Å². The Morgan fingerprint density at radius 3 is 2.60 bits per heavy atom. The highest BCUT2D eigenvalue weighted by Gasteiger charge is 2.29. The molecule has 1 aliphatic carbocycles. The van der Waals surface area contributed by atoms with Crippen molar-refractivity contribution in [3.8, 4) is 11.5 Å². The van der Waals surface area contributed by atoms with Crippen molar-refractivity contribution in [2.24, 2.45) is 5.92 Å². The minimum Gasteiger partial charge on any atom is -0.507 e. The summed E-state index contributed by atoms with van der Waals surface area (Å²) in [4.78, 5) is 2.42. The van der Waals surface area contributed by atoms with Gasteiger partial charge in [0.1, 0.15) is 11.5 Å². The number of methoxy groups -OCH3 is 1. The third kappa shape index (κ3) is 3.09. The van der Waals surface area contributed by atoms with Crippen LogP contribution in [0.5, 0.6) is 11.5 Å². The number of phenols is 1. The van der Waals surface area contributed by atoms with Crippen molar-refractivity contribution < 1.29 is 9.84 Å². The maximum Gasteiger partial charge on any atom is 0.124 e. The van der Waals surface area contributed by atoms with E-state index in [-0.39, 0.29) is 6.04 Å². The molecule has 0 heterocycles. The fourth-order valence-corrected chi connectivity index (χ4v) is 3.41. The molecule has 0 amide bonds. The Labute approximate surface area is 122 Å². The summed E-state index contributed by atoms with van der Waals surface area (Å²) in [7, 11) is 3.80. The molecule has 1 saturated carbocycles. The van der Waals surface area contributed by atoms with E-state index in [1.807, 2.05) is 12.1 Å². The molecule has 1 aromatic rings. The van der Waals surface area contributed by atoms with Gasteiger partial charge in [0.2, 0.25) is 0 Å². The van der Waals surface area contributed by atoms with Crippen molar-refractivity contribution in [3.05, 3.63) is 23.8 Å². The first kappa shape index (κ1) is 15.2. The number of phenolic OH excluding ortho intramolecular Hbond substituents is 1. The van der Waals surface area contributed by atoms with Gasteiger partial charge in [-0.25, -0.2) is 0 Å². The van der Waals surface area contributed by atoms with Crippen molar-refractivity contribution in [2.75, 3.05) is 14.2 Å². The lowest BCUT2D eigenvalue weighted by Crippen LogP contribution is -2.40. The molecular weight excluding hydrogens is 250 g/mol. The summed E-state index contributed by atoms with van der Waals surface area (Å²) in [5.74, 6) is 1.76. The molecule has 1 aromatic carbocycles. The minimum atomic E-state index is 0.214. The average molecular weight is 277 g/mol. The van der Waals surface area contributed by atoms with E-state index in [2.05, 4.69) is 25.8 Å². The zero-order valence-corrected chi connectivity index (χ0v) is 13.1. The Bertz CT molecular complexity index is 447. The maximum atomic E-state index is 10.2. The standard InChI is InChI=1S/C17H27NO2/c1-12-7-5-6-8-16(12)18(3)13(2)15-10-9-14(20-4)11-17(15)19/h9-13,16,19H,5-8H2,1-4H3. The predicted molar refractivity (Wildman–Crippen MR) is 82.3 cm³/mol. The molecule has 3 atom stereocenters. The van der Waals surface area contributed by atoms with Crippen LogP contribution in [-0.4, -0.2) is 30.2 Å². The molecule has 0 bridgehead atoms. The van der Waals surface area contributed by atoms with Gasteiger partial charge in [0.25, 0.3) is 0 Å². The number of nitrogens with zero attached hydrogens (tertiary/aromatic N) is 1. The lowest BCUT2D eigenvalue weighted by Gasteiger charge is -2.40. The van der Waals surface area contributed by atoms with Crippen LogP contribution in [0.25, 0.3) is 0 Å². The Hall–Kier alpha value is -1.22. The third-order valence-electron chi connectivity index (χ3n) is 4.89. The molecule has 0 aromatic heterocycles. The van der Waals surface area contributed by atoms with Gasteiger partial charge >= 0.3 is 0 Å². The zero-order valence-electron chi connectivity index (χ0n) is 13.1. The Kier molecular flexibility index (Phi) is 4.92. The second kappa shape index (κ2) is 6.49. The van der Waals surface area contributed by atoms with Crippen molar-refractivity contribution in [1.82, 2.24) is 4.90 Å². The highest BCUT2D eigenvalue weighted by atomic mass is 16.5. The van der Waals surface area contributed by atoms with Crippen LogP contribution < -0.4 is 4.74 Å². The van der Waals surface area contributed by atoms with Crippen molar-refractivity contribution in [3.63, 3.8) is 0 Å². The monoisotopic (exact) mass is 277 g/mol. The molecule has 3 heteroatoms. The zero-order chi connectivity index (χ0) is 14.7. The Balaban J connectivity index is 2.15. The van der Waals surface area contributed by atoms with E-state index in [1.54, 1.807) is 13.2 Å². The van der Waals surface area contributed by atoms with Crippen molar-refractivity contribution in [1.29, 1.82) is 0 Å². The SMILES string of the molecule is COc1ccc(C(C)N(C)C2CCCCC2C)c(O)c1. The second-order valence-electron chi connectivity index (χ2n) is 6.10. The Morgan fingerprint density at radius 2 is 2.00 bits per heavy atom. The van der Waals surface area contributed by atoms with Crippen LogP contribution in [0.4, 0.5) is 0 Å². The van der Waals surface area contributed by atoms with Gasteiger partial charge in [-0.2, -0.15) is 0 Å². The van der Waals surface area contributed by atoms with E-state index in [4.69, 9.17) is 4.74 Å². The van der Waals surface area contributed by atoms with Crippen LogP contribution in [0, 0.1) is 5.92 Å². The average Bonchev–Trinajstić information content (AvgIpc) is 2.46. The van der Waals surface area contributed by atoms with E-state index in [9.17, 15) is 5.11 Å². The summed E-state index contributed by atoms with van der Waals surface area (Å²) in [5.41, 5.74) is 0.978. The summed E-state index contributed by atoms with van der Waals surface area (Å²) in [5, 5.41) is 10.2. The maximum absolute atomic E-state index is 10.2. The first-order valence-electron chi connectivity index (χ1n) is 7.63. The van der Waals surface area contributed by atoms with Gasteiger partial charge in [0, 0.05) is 23.7 Å². The smallest absolute Gasteiger partial charge is 0.124 e. The number of hydrogen-bond donors (Lipinski definition) is 1. The molecule has 0 aliphatic heterocycles. The van der Waals surface area contributed by atoms with E-state index in [0.29, 0.717) is 17.5 Å². The molecule has 2 rings (SSSR count). The van der Waals surface area contributed by atoms with Gasteiger partial charge in [-0.1, -0.05) is 25.8 Å². The van der Waals surface area contributed by atoms with Gasteiger partial charge in [-0.15, -0.1) is 0 Å². The highest BCUT2D eigenvalue weighted by Crippen LogP contribution is 2.36. The molecule has 0 radical (unpaired) electrons. The number of aromatic hydroxyl groups is 1. The molecule has 112 valence electrons. The van der Waals surface area contributed by atoms with E-state index in [1.165, 1.54) is 25.7 Å². The number of rotatable bonds is 4. The molecular formula is C17H27NO2. The molecule has 20 heavy (non-hydrogen) atoms. The second-order valence-corrected chi connectivity index (χ2v) is 6.10. The normalized spacial score (nSPS) is 24.6. The predicted octanol–water partition coefficient (Wildman–Crippen LogP) is 3.97. The molecule has 3 nitrogen and oxygen atoms in total. The summed E-state index contributed by atoms with van der Waals surface area (Å²) < 4.78 is 5.15. The first-order valence-corrected chi connectivity index (χ1v) is 7.63. The fraction of sp³-hybridized carbons (Fsp3) is 0.647. The fourth-order valence-electron chi connectivity index (χ4n) is 3.41. The van der Waals surface area contributed by atoms with E-state index in [0.717, 1.165) is 11.5 Å². The van der Waals surface area contributed by atoms with Crippen LogP contribution >= 0.6 is 0 Å². The molecule has 0 spiro atoms. The number of hydrogen-bond acceptors (Lipinski definition) is 3. The number of benzene rings is 1. The minimum absolute atomic E-state index is 0.214. The Morgan fingerprint density at radius 1 is 1.30 bits per heavy atom. The molecule has 0 saturated heterocycles. The molecule has 3 unspecified atom stereocenters. The van der Waals surface area contributed by atoms with Crippen LogP contribution in [0.15, 0.2) is 18.2 Å². The third-order valence-corrected chi connectivity index (χ3v) is 4.89.